The monoisotopic (exact) mass is 985 g/mol. The molecule has 6 nitrogen and oxygen atoms in total. The minimum absolute atomic E-state index is 0.0725. The Labute approximate surface area is 436 Å². The Balaban J connectivity index is 4.28. The molecule has 0 aromatic rings. The minimum atomic E-state index is -0.776. The van der Waals surface area contributed by atoms with E-state index in [1.165, 1.54) is 238 Å². The molecule has 0 bridgehead atoms. The van der Waals surface area contributed by atoms with E-state index in [2.05, 4.69) is 45.1 Å². The van der Waals surface area contributed by atoms with Crippen LogP contribution in [0.1, 0.15) is 348 Å². The van der Waals surface area contributed by atoms with Crippen molar-refractivity contribution in [3.05, 3.63) is 24.3 Å². The highest BCUT2D eigenvalue weighted by molar-refractivity contribution is 5.71. The van der Waals surface area contributed by atoms with Gasteiger partial charge in [0.2, 0.25) is 0 Å². The van der Waals surface area contributed by atoms with Crippen molar-refractivity contribution in [3.63, 3.8) is 0 Å². The number of esters is 3. The van der Waals surface area contributed by atoms with Crippen LogP contribution in [0.3, 0.4) is 0 Å². The summed E-state index contributed by atoms with van der Waals surface area (Å²) in [5.74, 6) is -0.866. The van der Waals surface area contributed by atoms with Gasteiger partial charge in [0.1, 0.15) is 13.2 Å². The van der Waals surface area contributed by atoms with Gasteiger partial charge in [-0.2, -0.15) is 0 Å². The normalized spacial score (nSPS) is 12.1. The molecular formula is C64H120O6. The Morgan fingerprint density at radius 3 is 0.714 bits per heavy atom. The van der Waals surface area contributed by atoms with Crippen LogP contribution in [0.2, 0.25) is 0 Å². The van der Waals surface area contributed by atoms with E-state index in [9.17, 15) is 14.4 Å². The maximum absolute atomic E-state index is 12.9. The molecule has 0 aliphatic carbocycles. The Morgan fingerprint density at radius 2 is 0.471 bits per heavy atom. The van der Waals surface area contributed by atoms with E-state index in [1.807, 2.05) is 0 Å². The number of unbranched alkanes of at least 4 members (excludes halogenated alkanes) is 43. The molecule has 0 rings (SSSR count). The van der Waals surface area contributed by atoms with Crippen molar-refractivity contribution < 1.29 is 28.6 Å². The zero-order valence-electron chi connectivity index (χ0n) is 47.3. The zero-order chi connectivity index (χ0) is 50.7. The van der Waals surface area contributed by atoms with E-state index < -0.39 is 6.10 Å². The largest absolute Gasteiger partial charge is 0.462 e. The summed E-state index contributed by atoms with van der Waals surface area (Å²) in [6, 6.07) is 0. The van der Waals surface area contributed by atoms with Crippen LogP contribution in [0.25, 0.3) is 0 Å². The third kappa shape index (κ3) is 56.8. The van der Waals surface area contributed by atoms with E-state index >= 15 is 0 Å². The molecule has 0 aromatic carbocycles. The van der Waals surface area contributed by atoms with E-state index in [4.69, 9.17) is 14.2 Å². The highest BCUT2D eigenvalue weighted by atomic mass is 16.6. The molecular weight excluding hydrogens is 865 g/mol. The second-order valence-corrected chi connectivity index (χ2v) is 21.3. The highest BCUT2D eigenvalue weighted by Gasteiger charge is 2.19. The molecule has 0 fully saturated rings. The number of hydrogen-bond donors (Lipinski definition) is 0. The third-order valence-electron chi connectivity index (χ3n) is 14.2. The van der Waals surface area contributed by atoms with E-state index in [1.54, 1.807) is 0 Å². The van der Waals surface area contributed by atoms with Gasteiger partial charge in [0, 0.05) is 19.3 Å². The van der Waals surface area contributed by atoms with Crippen LogP contribution in [0.5, 0.6) is 0 Å². The van der Waals surface area contributed by atoms with Crippen molar-refractivity contribution in [2.24, 2.45) is 0 Å². The first-order valence-electron chi connectivity index (χ1n) is 31.3. The summed E-state index contributed by atoms with van der Waals surface area (Å²) in [6.07, 6.45) is 70.4. The van der Waals surface area contributed by atoms with Crippen molar-refractivity contribution in [1.82, 2.24) is 0 Å². The molecule has 0 heterocycles. The summed E-state index contributed by atoms with van der Waals surface area (Å²) < 4.78 is 16.9. The topological polar surface area (TPSA) is 78.9 Å². The lowest BCUT2D eigenvalue weighted by molar-refractivity contribution is -0.167. The molecule has 412 valence electrons. The molecule has 1 unspecified atom stereocenters. The molecule has 0 radical (unpaired) electrons. The van der Waals surface area contributed by atoms with Crippen LogP contribution in [-0.2, 0) is 28.6 Å². The minimum Gasteiger partial charge on any atom is -0.462 e. The van der Waals surface area contributed by atoms with Gasteiger partial charge in [-0.3, -0.25) is 14.4 Å². The van der Waals surface area contributed by atoms with Crippen LogP contribution >= 0.6 is 0 Å². The number of rotatable bonds is 58. The third-order valence-corrected chi connectivity index (χ3v) is 14.2. The van der Waals surface area contributed by atoms with Gasteiger partial charge >= 0.3 is 17.9 Å². The van der Waals surface area contributed by atoms with Crippen molar-refractivity contribution in [2.75, 3.05) is 13.2 Å². The van der Waals surface area contributed by atoms with Crippen LogP contribution in [0.15, 0.2) is 24.3 Å². The number of carbonyl (C=O) groups excluding carboxylic acids is 3. The molecule has 0 saturated carbocycles. The fourth-order valence-corrected chi connectivity index (χ4v) is 9.44. The molecule has 0 amide bonds. The fourth-order valence-electron chi connectivity index (χ4n) is 9.44. The predicted molar refractivity (Wildman–Crippen MR) is 303 cm³/mol. The summed E-state index contributed by atoms with van der Waals surface area (Å²) >= 11 is 0. The average Bonchev–Trinajstić information content (AvgIpc) is 3.36. The first-order chi connectivity index (χ1) is 34.5. The summed E-state index contributed by atoms with van der Waals surface area (Å²) in [4.78, 5) is 38.2. The van der Waals surface area contributed by atoms with Crippen LogP contribution in [-0.4, -0.2) is 37.2 Å². The maximum Gasteiger partial charge on any atom is 0.306 e. The Bertz CT molecular complexity index is 1130. The van der Waals surface area contributed by atoms with Crippen molar-refractivity contribution in [2.45, 2.75) is 354 Å². The average molecular weight is 986 g/mol. The molecule has 0 aliphatic rings. The standard InChI is InChI=1S/C64H120O6/c1-4-7-10-13-16-19-22-25-28-30-31-32-33-34-35-37-39-42-45-48-51-54-57-63(66)69-60-61(59-68-62(65)56-53-50-47-44-41-38-27-24-21-18-15-12-9-6-3)70-64(67)58-55-52-49-46-43-40-36-29-26-23-20-17-14-11-8-5-2/h24,27,29,36,61H,4-23,25-26,28,30-35,37-60H2,1-3H3/b27-24-,36-29-. The number of hydrogen-bond acceptors (Lipinski definition) is 6. The molecule has 0 aromatic heterocycles. The van der Waals surface area contributed by atoms with Gasteiger partial charge in [-0.05, 0) is 70.6 Å². The van der Waals surface area contributed by atoms with Gasteiger partial charge in [0.25, 0.3) is 0 Å². The molecule has 1 atom stereocenters. The van der Waals surface area contributed by atoms with Crippen LogP contribution in [0, 0.1) is 0 Å². The predicted octanol–water partition coefficient (Wildman–Crippen LogP) is 21.1. The van der Waals surface area contributed by atoms with Gasteiger partial charge in [-0.25, -0.2) is 0 Å². The lowest BCUT2D eigenvalue weighted by atomic mass is 10.0. The second-order valence-electron chi connectivity index (χ2n) is 21.3. The first-order valence-corrected chi connectivity index (χ1v) is 31.3. The molecule has 0 saturated heterocycles. The fraction of sp³-hybridized carbons (Fsp3) is 0.891. The van der Waals surface area contributed by atoms with E-state index in [-0.39, 0.29) is 31.1 Å². The van der Waals surface area contributed by atoms with Gasteiger partial charge < -0.3 is 14.2 Å². The van der Waals surface area contributed by atoms with Gasteiger partial charge in [0.15, 0.2) is 6.10 Å². The molecule has 6 heteroatoms. The number of carbonyl (C=O) groups is 3. The van der Waals surface area contributed by atoms with Crippen molar-refractivity contribution in [1.29, 1.82) is 0 Å². The SMILES string of the molecule is CCCCCCC/C=C\CCCCCCCC(=O)OCC(COC(=O)CCCCCCCCCCCCCCCCCCCCCCCC)OC(=O)CCCCCCC/C=C\CCCCCCCCC. The summed E-state index contributed by atoms with van der Waals surface area (Å²) in [6.45, 7) is 6.67. The maximum atomic E-state index is 12.9. The Kier molecular flexibility index (Phi) is 57.7. The van der Waals surface area contributed by atoms with Gasteiger partial charge in [-0.1, -0.05) is 283 Å². The molecule has 0 N–H and O–H groups in total. The number of allylic oxidation sites excluding steroid dienone is 4. The molecule has 0 spiro atoms. The van der Waals surface area contributed by atoms with E-state index in [0.717, 1.165) is 70.6 Å². The van der Waals surface area contributed by atoms with Crippen molar-refractivity contribution in [3.8, 4) is 0 Å². The van der Waals surface area contributed by atoms with E-state index in [0.29, 0.717) is 19.3 Å². The van der Waals surface area contributed by atoms with Crippen LogP contribution in [0.4, 0.5) is 0 Å². The summed E-state index contributed by atoms with van der Waals surface area (Å²) in [5.41, 5.74) is 0. The zero-order valence-corrected chi connectivity index (χ0v) is 47.3. The van der Waals surface area contributed by atoms with Gasteiger partial charge in [-0.15, -0.1) is 0 Å². The molecule has 70 heavy (non-hydrogen) atoms. The Morgan fingerprint density at radius 1 is 0.271 bits per heavy atom. The molecule has 0 aliphatic heterocycles. The van der Waals surface area contributed by atoms with Gasteiger partial charge in [0.05, 0.1) is 0 Å². The quantitative estimate of drug-likeness (QED) is 0.0261. The first kappa shape index (κ1) is 67.9. The Hall–Kier alpha value is -2.11. The lowest BCUT2D eigenvalue weighted by Gasteiger charge is -2.18. The van der Waals surface area contributed by atoms with Crippen molar-refractivity contribution >= 4 is 17.9 Å². The highest BCUT2D eigenvalue weighted by Crippen LogP contribution is 2.17. The summed E-state index contributed by atoms with van der Waals surface area (Å²) in [7, 11) is 0. The van der Waals surface area contributed by atoms with Crippen LogP contribution < -0.4 is 0 Å². The smallest absolute Gasteiger partial charge is 0.306 e. The number of ether oxygens (including phenoxy) is 3. The summed E-state index contributed by atoms with van der Waals surface area (Å²) in [5, 5.41) is 0. The lowest BCUT2D eigenvalue weighted by Crippen LogP contribution is -2.30. The second kappa shape index (κ2) is 59.5.